The number of nitrogens with zero attached hydrogens (tertiary/aromatic N) is 4. The Bertz CT molecular complexity index is 1120. The third kappa shape index (κ3) is 4.89. The van der Waals surface area contributed by atoms with Crippen LogP contribution >= 0.6 is 11.3 Å². The molecule has 1 N–H and O–H groups in total. The topological polar surface area (TPSA) is 79.8 Å². The van der Waals surface area contributed by atoms with Crippen molar-refractivity contribution in [3.63, 3.8) is 0 Å². The number of amides is 1. The van der Waals surface area contributed by atoms with Gasteiger partial charge in [0.25, 0.3) is 5.91 Å². The van der Waals surface area contributed by atoms with Gasteiger partial charge in [0, 0.05) is 32.7 Å². The lowest BCUT2D eigenvalue weighted by molar-refractivity contribution is 0.0954. The van der Waals surface area contributed by atoms with Crippen molar-refractivity contribution in [1.82, 2.24) is 20.2 Å². The quantitative estimate of drug-likeness (QED) is 0.541. The second-order valence-corrected chi connectivity index (χ2v) is 8.95. The van der Waals surface area contributed by atoms with Crippen LogP contribution in [0.15, 0.2) is 24.5 Å². The predicted molar refractivity (Wildman–Crippen MR) is 132 cm³/mol. The van der Waals surface area contributed by atoms with Crippen LogP contribution in [-0.4, -0.2) is 67.2 Å². The molecule has 1 aliphatic heterocycles. The van der Waals surface area contributed by atoms with E-state index in [-0.39, 0.29) is 5.91 Å². The molecule has 0 saturated carbocycles. The van der Waals surface area contributed by atoms with Crippen LogP contribution in [0, 0.1) is 6.92 Å². The number of hydrogen-bond acceptors (Lipinski definition) is 8. The summed E-state index contributed by atoms with van der Waals surface area (Å²) in [4.78, 5) is 28.4. The fraction of sp³-hybridized carbons (Fsp3) is 0.458. The summed E-state index contributed by atoms with van der Waals surface area (Å²) >= 11 is 1.42. The zero-order valence-electron chi connectivity index (χ0n) is 19.7. The standard InChI is InChI=1S/C24H31N5O3S/c1-5-28-9-11-29(12-10-28)22-20-16(3)21(33-24(20)27-15-26-22)23(30)25-14-17-7-8-18(32-6-2)19(13-17)31-4/h7-8,13,15H,5-6,9-12,14H2,1-4H3,(H,25,30). The van der Waals surface area contributed by atoms with Gasteiger partial charge >= 0.3 is 0 Å². The smallest absolute Gasteiger partial charge is 0.261 e. The van der Waals surface area contributed by atoms with Crippen LogP contribution in [0.3, 0.4) is 0 Å². The molecule has 3 heterocycles. The van der Waals surface area contributed by atoms with Crippen LogP contribution in [0.5, 0.6) is 11.5 Å². The fourth-order valence-corrected chi connectivity index (χ4v) is 5.20. The van der Waals surface area contributed by atoms with Crippen molar-refractivity contribution in [2.75, 3.05) is 51.3 Å². The van der Waals surface area contributed by atoms with Gasteiger partial charge in [-0.2, -0.15) is 0 Å². The molecule has 0 unspecified atom stereocenters. The van der Waals surface area contributed by atoms with Crippen LogP contribution in [-0.2, 0) is 6.54 Å². The van der Waals surface area contributed by atoms with Crippen molar-refractivity contribution in [1.29, 1.82) is 0 Å². The molecule has 0 aliphatic carbocycles. The van der Waals surface area contributed by atoms with Crippen molar-refractivity contribution in [2.24, 2.45) is 0 Å². The van der Waals surface area contributed by atoms with Gasteiger partial charge in [-0.15, -0.1) is 11.3 Å². The molecular formula is C24H31N5O3S. The summed E-state index contributed by atoms with van der Waals surface area (Å²) < 4.78 is 11.0. The van der Waals surface area contributed by atoms with Crippen molar-refractivity contribution in [3.05, 3.63) is 40.5 Å². The Kier molecular flexibility index (Phi) is 7.29. The zero-order valence-corrected chi connectivity index (χ0v) is 20.5. The molecule has 1 saturated heterocycles. The molecule has 1 aromatic carbocycles. The van der Waals surface area contributed by atoms with Crippen LogP contribution in [0.25, 0.3) is 10.2 Å². The average Bonchev–Trinajstić information content (AvgIpc) is 3.20. The lowest BCUT2D eigenvalue weighted by atomic mass is 10.1. The van der Waals surface area contributed by atoms with Gasteiger partial charge in [0.2, 0.25) is 0 Å². The van der Waals surface area contributed by atoms with Crippen LogP contribution in [0.4, 0.5) is 5.82 Å². The Labute approximate surface area is 198 Å². The minimum Gasteiger partial charge on any atom is -0.493 e. The van der Waals surface area contributed by atoms with Gasteiger partial charge in [0.15, 0.2) is 11.5 Å². The number of aromatic nitrogens is 2. The highest BCUT2D eigenvalue weighted by Crippen LogP contribution is 2.35. The molecule has 176 valence electrons. The van der Waals surface area contributed by atoms with E-state index in [1.807, 2.05) is 32.0 Å². The Morgan fingerprint density at radius 3 is 2.64 bits per heavy atom. The number of likely N-dealkylation sites (N-methyl/N-ethyl adjacent to an activating group) is 1. The molecule has 1 amide bonds. The number of carbonyl (C=O) groups excluding carboxylic acids is 1. The van der Waals surface area contributed by atoms with Gasteiger partial charge in [-0.3, -0.25) is 4.79 Å². The molecule has 1 fully saturated rings. The van der Waals surface area contributed by atoms with E-state index >= 15 is 0 Å². The van der Waals surface area contributed by atoms with Gasteiger partial charge in [-0.05, 0) is 43.7 Å². The van der Waals surface area contributed by atoms with Gasteiger partial charge in [0.1, 0.15) is 17.0 Å². The Morgan fingerprint density at radius 1 is 1.15 bits per heavy atom. The number of hydrogen-bond donors (Lipinski definition) is 1. The minimum absolute atomic E-state index is 0.106. The van der Waals surface area contributed by atoms with Crippen molar-refractivity contribution in [3.8, 4) is 11.5 Å². The first-order valence-corrected chi connectivity index (χ1v) is 12.2. The van der Waals surface area contributed by atoms with Crippen LogP contribution in [0.2, 0.25) is 0 Å². The fourth-order valence-electron chi connectivity index (χ4n) is 4.14. The highest BCUT2D eigenvalue weighted by molar-refractivity contribution is 7.20. The molecule has 33 heavy (non-hydrogen) atoms. The number of nitrogens with one attached hydrogen (secondary N) is 1. The van der Waals surface area contributed by atoms with Crippen LogP contribution < -0.4 is 19.7 Å². The SMILES string of the molecule is CCOc1ccc(CNC(=O)c2sc3ncnc(N4CCN(CC)CC4)c3c2C)cc1OC. The Hall–Kier alpha value is -2.91. The number of fused-ring (bicyclic) bond motifs is 1. The first-order chi connectivity index (χ1) is 16.0. The van der Waals surface area contributed by atoms with Crippen molar-refractivity contribution in [2.45, 2.75) is 27.3 Å². The van der Waals surface area contributed by atoms with Gasteiger partial charge in [0.05, 0.1) is 24.0 Å². The second kappa shape index (κ2) is 10.4. The minimum atomic E-state index is -0.106. The van der Waals surface area contributed by atoms with Crippen LogP contribution in [0.1, 0.15) is 34.6 Å². The average molecular weight is 470 g/mol. The first-order valence-electron chi connectivity index (χ1n) is 11.3. The summed E-state index contributed by atoms with van der Waals surface area (Å²) in [7, 11) is 1.61. The lowest BCUT2D eigenvalue weighted by Gasteiger charge is -2.35. The maximum atomic E-state index is 13.1. The largest absolute Gasteiger partial charge is 0.493 e. The summed E-state index contributed by atoms with van der Waals surface area (Å²) in [6.07, 6.45) is 1.60. The molecule has 0 radical (unpaired) electrons. The molecule has 9 heteroatoms. The highest BCUT2D eigenvalue weighted by atomic mass is 32.1. The summed E-state index contributed by atoms with van der Waals surface area (Å²) in [6, 6.07) is 5.70. The van der Waals surface area contributed by atoms with Gasteiger partial charge < -0.3 is 24.6 Å². The maximum Gasteiger partial charge on any atom is 0.261 e. The van der Waals surface area contributed by atoms with E-state index in [1.54, 1.807) is 13.4 Å². The summed E-state index contributed by atoms with van der Waals surface area (Å²) in [5.74, 6) is 2.18. The summed E-state index contributed by atoms with van der Waals surface area (Å²) in [5, 5.41) is 4.03. The number of rotatable bonds is 8. The molecule has 4 rings (SSSR count). The normalized spacial score (nSPS) is 14.5. The van der Waals surface area contributed by atoms with Crippen molar-refractivity contribution < 1.29 is 14.3 Å². The third-order valence-electron chi connectivity index (χ3n) is 6.01. The molecule has 0 bridgehead atoms. The summed E-state index contributed by atoms with van der Waals surface area (Å²) in [6.45, 7) is 12.0. The number of ether oxygens (including phenoxy) is 2. The van der Waals surface area contributed by atoms with E-state index in [2.05, 4.69) is 32.0 Å². The molecule has 1 aliphatic rings. The Balaban J connectivity index is 1.52. The van der Waals surface area contributed by atoms with E-state index in [0.717, 1.165) is 59.9 Å². The monoisotopic (exact) mass is 469 g/mol. The maximum absolute atomic E-state index is 13.1. The van der Waals surface area contributed by atoms with Crippen molar-refractivity contribution >= 4 is 33.3 Å². The molecule has 0 spiro atoms. The number of benzene rings is 1. The molecule has 8 nitrogen and oxygen atoms in total. The summed E-state index contributed by atoms with van der Waals surface area (Å²) in [5.41, 5.74) is 1.88. The third-order valence-corrected chi connectivity index (χ3v) is 7.21. The molecular weight excluding hydrogens is 438 g/mol. The van der Waals surface area contributed by atoms with E-state index in [1.165, 1.54) is 11.3 Å². The number of aryl methyl sites for hydroxylation is 1. The van der Waals surface area contributed by atoms with E-state index < -0.39 is 0 Å². The number of methoxy groups -OCH3 is 1. The number of piperazine rings is 1. The second-order valence-electron chi connectivity index (χ2n) is 7.96. The predicted octanol–water partition coefficient (Wildman–Crippen LogP) is 3.48. The number of thiophene rings is 1. The van der Waals surface area contributed by atoms with E-state index in [4.69, 9.17) is 9.47 Å². The van der Waals surface area contributed by atoms with Gasteiger partial charge in [-0.1, -0.05) is 13.0 Å². The van der Waals surface area contributed by atoms with E-state index in [0.29, 0.717) is 29.5 Å². The Morgan fingerprint density at radius 2 is 1.94 bits per heavy atom. The molecule has 3 aromatic rings. The van der Waals surface area contributed by atoms with Gasteiger partial charge in [-0.25, -0.2) is 9.97 Å². The number of anilines is 1. The lowest BCUT2D eigenvalue weighted by Crippen LogP contribution is -2.46. The molecule has 2 aromatic heterocycles. The highest BCUT2D eigenvalue weighted by Gasteiger charge is 2.24. The number of carbonyl (C=O) groups is 1. The zero-order chi connectivity index (χ0) is 23.4. The first kappa shape index (κ1) is 23.3. The molecule has 0 atom stereocenters. The van der Waals surface area contributed by atoms with E-state index in [9.17, 15) is 4.79 Å².